The summed E-state index contributed by atoms with van der Waals surface area (Å²) in [6.45, 7) is 0. The molecule has 0 fully saturated rings. The predicted molar refractivity (Wildman–Crippen MR) is 88.9 cm³/mol. The Balaban J connectivity index is 1.75. The number of nitrogens with one attached hydrogen (secondary N) is 1. The molecule has 3 aromatic rings. The van der Waals surface area contributed by atoms with Crippen LogP contribution in [-0.2, 0) is 0 Å². The monoisotopic (exact) mass is 324 g/mol. The quantitative estimate of drug-likeness (QED) is 0.780. The summed E-state index contributed by atoms with van der Waals surface area (Å²) in [5.41, 5.74) is 1.96. The van der Waals surface area contributed by atoms with Crippen LogP contribution in [0.15, 0.2) is 54.9 Å². The Morgan fingerprint density at radius 2 is 1.62 bits per heavy atom. The van der Waals surface area contributed by atoms with Crippen LogP contribution >= 0.6 is 0 Å². The standard InChI is InChI=1S/C17H16N4O3/c1-23-15-8-3-12(11-16(15)24-2)17(22)20-13-4-6-14(7-5-13)21-18-9-10-19-21/h3-11H,1-2H3,(H,20,22). The summed E-state index contributed by atoms with van der Waals surface area (Å²) < 4.78 is 10.4. The maximum Gasteiger partial charge on any atom is 0.255 e. The molecular weight excluding hydrogens is 308 g/mol. The van der Waals surface area contributed by atoms with E-state index in [1.807, 2.05) is 12.1 Å². The fourth-order valence-electron chi connectivity index (χ4n) is 2.21. The van der Waals surface area contributed by atoms with Gasteiger partial charge in [0, 0.05) is 11.3 Å². The smallest absolute Gasteiger partial charge is 0.255 e. The van der Waals surface area contributed by atoms with E-state index in [0.29, 0.717) is 22.7 Å². The summed E-state index contributed by atoms with van der Waals surface area (Å²) in [7, 11) is 3.08. The van der Waals surface area contributed by atoms with Crippen molar-refractivity contribution in [2.24, 2.45) is 0 Å². The number of rotatable bonds is 5. The second-order valence-corrected chi connectivity index (χ2v) is 4.89. The van der Waals surface area contributed by atoms with E-state index in [2.05, 4.69) is 15.5 Å². The van der Waals surface area contributed by atoms with Gasteiger partial charge in [0.25, 0.3) is 5.91 Å². The molecule has 0 aliphatic heterocycles. The number of benzene rings is 2. The minimum absolute atomic E-state index is 0.235. The van der Waals surface area contributed by atoms with Crippen LogP contribution in [0.5, 0.6) is 11.5 Å². The van der Waals surface area contributed by atoms with Crippen molar-refractivity contribution in [3.05, 3.63) is 60.4 Å². The van der Waals surface area contributed by atoms with Gasteiger partial charge in [-0.25, -0.2) is 0 Å². The number of amides is 1. The average molecular weight is 324 g/mol. The molecule has 0 saturated heterocycles. The summed E-state index contributed by atoms with van der Waals surface area (Å²) in [5, 5.41) is 10.9. The van der Waals surface area contributed by atoms with E-state index >= 15 is 0 Å². The van der Waals surface area contributed by atoms with Gasteiger partial charge in [0.2, 0.25) is 0 Å². The first-order valence-corrected chi connectivity index (χ1v) is 7.21. The van der Waals surface area contributed by atoms with Gasteiger partial charge in [0.05, 0.1) is 32.3 Å². The zero-order valence-corrected chi connectivity index (χ0v) is 13.3. The Morgan fingerprint density at radius 3 is 2.25 bits per heavy atom. The molecule has 0 spiro atoms. The summed E-state index contributed by atoms with van der Waals surface area (Å²) in [6.07, 6.45) is 3.21. The van der Waals surface area contributed by atoms with E-state index in [1.54, 1.807) is 49.8 Å². The van der Waals surface area contributed by atoms with Gasteiger partial charge in [-0.2, -0.15) is 15.0 Å². The van der Waals surface area contributed by atoms with Crippen molar-refractivity contribution in [2.75, 3.05) is 19.5 Å². The van der Waals surface area contributed by atoms with Crippen molar-refractivity contribution in [1.29, 1.82) is 0 Å². The van der Waals surface area contributed by atoms with Crippen LogP contribution in [-0.4, -0.2) is 35.1 Å². The van der Waals surface area contributed by atoms with Gasteiger partial charge in [0.1, 0.15) is 0 Å². The van der Waals surface area contributed by atoms with Gasteiger partial charge in [-0.05, 0) is 42.5 Å². The van der Waals surface area contributed by atoms with Crippen LogP contribution in [0.1, 0.15) is 10.4 Å². The first-order chi connectivity index (χ1) is 11.7. The molecule has 2 aromatic carbocycles. The second kappa shape index (κ2) is 6.82. The van der Waals surface area contributed by atoms with Crippen molar-refractivity contribution < 1.29 is 14.3 Å². The predicted octanol–water partition coefficient (Wildman–Crippen LogP) is 2.54. The van der Waals surface area contributed by atoms with Crippen molar-refractivity contribution in [3.63, 3.8) is 0 Å². The Labute approximate surface area is 138 Å². The number of anilines is 1. The van der Waals surface area contributed by atoms with E-state index in [-0.39, 0.29) is 5.91 Å². The molecule has 24 heavy (non-hydrogen) atoms. The summed E-state index contributed by atoms with van der Waals surface area (Å²) >= 11 is 0. The number of aromatic nitrogens is 3. The zero-order valence-electron chi connectivity index (χ0n) is 13.3. The van der Waals surface area contributed by atoms with E-state index < -0.39 is 0 Å². The number of hydrogen-bond donors (Lipinski definition) is 1. The topological polar surface area (TPSA) is 78.3 Å². The fourth-order valence-corrected chi connectivity index (χ4v) is 2.21. The zero-order chi connectivity index (χ0) is 16.9. The number of hydrogen-bond acceptors (Lipinski definition) is 5. The van der Waals surface area contributed by atoms with Gasteiger partial charge >= 0.3 is 0 Å². The molecule has 7 nitrogen and oxygen atoms in total. The lowest BCUT2D eigenvalue weighted by Gasteiger charge is -2.10. The Hall–Kier alpha value is -3.35. The van der Waals surface area contributed by atoms with Crippen LogP contribution in [0.25, 0.3) is 5.69 Å². The largest absolute Gasteiger partial charge is 0.493 e. The Kier molecular flexibility index (Phi) is 4.42. The third-order valence-corrected chi connectivity index (χ3v) is 3.42. The lowest BCUT2D eigenvalue weighted by atomic mass is 10.2. The number of ether oxygens (including phenoxy) is 2. The molecule has 1 N–H and O–H groups in total. The highest BCUT2D eigenvalue weighted by molar-refractivity contribution is 6.04. The average Bonchev–Trinajstić information content (AvgIpc) is 3.16. The van der Waals surface area contributed by atoms with Crippen LogP contribution in [0.2, 0.25) is 0 Å². The van der Waals surface area contributed by atoms with Crippen LogP contribution in [0.3, 0.4) is 0 Å². The molecule has 0 atom stereocenters. The molecule has 1 aromatic heterocycles. The SMILES string of the molecule is COc1ccc(C(=O)Nc2ccc(-n3nccn3)cc2)cc1OC. The molecule has 0 bridgehead atoms. The van der Waals surface area contributed by atoms with Crippen LogP contribution < -0.4 is 14.8 Å². The second-order valence-electron chi connectivity index (χ2n) is 4.89. The maximum atomic E-state index is 12.4. The highest BCUT2D eigenvalue weighted by Crippen LogP contribution is 2.27. The minimum Gasteiger partial charge on any atom is -0.493 e. The molecule has 0 unspecified atom stereocenters. The van der Waals surface area contributed by atoms with E-state index in [4.69, 9.17) is 9.47 Å². The molecular formula is C17H16N4O3. The van der Waals surface area contributed by atoms with Gasteiger partial charge in [-0.3, -0.25) is 4.79 Å². The molecule has 0 aliphatic carbocycles. The number of carbonyl (C=O) groups excluding carboxylic acids is 1. The van der Waals surface area contributed by atoms with E-state index in [0.717, 1.165) is 5.69 Å². The molecule has 1 amide bonds. The summed E-state index contributed by atoms with van der Waals surface area (Å²) in [4.78, 5) is 13.9. The number of carbonyl (C=O) groups is 1. The van der Waals surface area contributed by atoms with Crippen molar-refractivity contribution in [2.45, 2.75) is 0 Å². The fraction of sp³-hybridized carbons (Fsp3) is 0.118. The molecule has 0 saturated carbocycles. The van der Waals surface area contributed by atoms with Crippen molar-refractivity contribution in [1.82, 2.24) is 15.0 Å². The third-order valence-electron chi connectivity index (χ3n) is 3.42. The Morgan fingerprint density at radius 1 is 0.958 bits per heavy atom. The molecule has 7 heteroatoms. The first kappa shape index (κ1) is 15.5. The molecule has 3 rings (SSSR count). The highest BCUT2D eigenvalue weighted by atomic mass is 16.5. The van der Waals surface area contributed by atoms with Gasteiger partial charge < -0.3 is 14.8 Å². The summed E-state index contributed by atoms with van der Waals surface area (Å²) in [6, 6.07) is 12.2. The molecule has 0 radical (unpaired) electrons. The lowest BCUT2D eigenvalue weighted by molar-refractivity contribution is 0.102. The number of nitrogens with zero attached hydrogens (tertiary/aromatic N) is 3. The first-order valence-electron chi connectivity index (χ1n) is 7.21. The Bertz CT molecular complexity index is 830. The molecule has 1 heterocycles. The minimum atomic E-state index is -0.235. The normalized spacial score (nSPS) is 10.2. The van der Waals surface area contributed by atoms with E-state index in [1.165, 1.54) is 11.9 Å². The maximum absolute atomic E-state index is 12.4. The molecule has 0 aliphatic rings. The third kappa shape index (κ3) is 3.19. The van der Waals surface area contributed by atoms with Crippen LogP contribution in [0, 0.1) is 0 Å². The van der Waals surface area contributed by atoms with E-state index in [9.17, 15) is 4.79 Å². The summed E-state index contributed by atoms with van der Waals surface area (Å²) in [5.74, 6) is 0.844. The van der Waals surface area contributed by atoms with Crippen molar-refractivity contribution in [3.8, 4) is 17.2 Å². The molecule has 122 valence electrons. The van der Waals surface area contributed by atoms with Gasteiger partial charge in [-0.1, -0.05) is 0 Å². The van der Waals surface area contributed by atoms with Gasteiger partial charge in [0.15, 0.2) is 11.5 Å². The lowest BCUT2D eigenvalue weighted by Crippen LogP contribution is -2.12. The van der Waals surface area contributed by atoms with Crippen LogP contribution in [0.4, 0.5) is 5.69 Å². The highest BCUT2D eigenvalue weighted by Gasteiger charge is 2.11. The number of methoxy groups -OCH3 is 2. The van der Waals surface area contributed by atoms with Crippen molar-refractivity contribution >= 4 is 11.6 Å². The van der Waals surface area contributed by atoms with Gasteiger partial charge in [-0.15, -0.1) is 0 Å².